The van der Waals surface area contributed by atoms with Crippen LogP contribution in [0.1, 0.15) is 39.2 Å². The van der Waals surface area contributed by atoms with E-state index < -0.39 is 28.5 Å². The van der Waals surface area contributed by atoms with Crippen molar-refractivity contribution in [3.63, 3.8) is 0 Å². The summed E-state index contributed by atoms with van der Waals surface area (Å²) < 4.78 is 27.0. The molecule has 0 heterocycles. The number of fused-ring (bicyclic) bond motifs is 1. The van der Waals surface area contributed by atoms with E-state index in [2.05, 4.69) is 5.32 Å². The summed E-state index contributed by atoms with van der Waals surface area (Å²) in [4.78, 5) is 28.5. The SMILES string of the molecule is CC[C@H](C)NC(=O)[C@H](CC)N(Cc1ccccc1Cl)C(=O)CN(c1cccc2ccccc12)S(C)(=O)=O. The van der Waals surface area contributed by atoms with Gasteiger partial charge in [0.1, 0.15) is 12.6 Å². The van der Waals surface area contributed by atoms with Crippen molar-refractivity contribution in [2.45, 2.75) is 52.2 Å². The zero-order valence-corrected chi connectivity index (χ0v) is 23.2. The van der Waals surface area contributed by atoms with Crippen LogP contribution < -0.4 is 9.62 Å². The Morgan fingerprint density at radius 1 is 0.946 bits per heavy atom. The van der Waals surface area contributed by atoms with Crippen LogP contribution in [0.5, 0.6) is 0 Å². The molecule has 0 saturated carbocycles. The van der Waals surface area contributed by atoms with E-state index in [-0.39, 0.29) is 18.5 Å². The van der Waals surface area contributed by atoms with Gasteiger partial charge in [-0.3, -0.25) is 13.9 Å². The summed E-state index contributed by atoms with van der Waals surface area (Å²) in [7, 11) is -3.84. The van der Waals surface area contributed by atoms with Gasteiger partial charge in [0.25, 0.3) is 0 Å². The number of sulfonamides is 1. The molecule has 7 nitrogen and oxygen atoms in total. The molecule has 0 spiro atoms. The third kappa shape index (κ3) is 7.02. The van der Waals surface area contributed by atoms with Gasteiger partial charge in [0.15, 0.2) is 0 Å². The van der Waals surface area contributed by atoms with Crippen molar-refractivity contribution in [1.29, 1.82) is 0 Å². The molecule has 0 saturated heterocycles. The maximum absolute atomic E-state index is 13.9. The fourth-order valence-electron chi connectivity index (χ4n) is 4.19. The average Bonchev–Trinajstić information content (AvgIpc) is 2.87. The molecule has 198 valence electrons. The number of halogens is 1. The Balaban J connectivity index is 2.03. The predicted molar refractivity (Wildman–Crippen MR) is 150 cm³/mol. The molecule has 0 aliphatic heterocycles. The van der Waals surface area contributed by atoms with Crippen molar-refractivity contribution in [2.75, 3.05) is 17.1 Å². The van der Waals surface area contributed by atoms with Gasteiger partial charge in [-0.2, -0.15) is 0 Å². The number of hydrogen-bond donors (Lipinski definition) is 1. The monoisotopic (exact) mass is 543 g/mol. The molecule has 0 unspecified atom stereocenters. The van der Waals surface area contributed by atoms with Crippen LogP contribution in [0.4, 0.5) is 5.69 Å². The van der Waals surface area contributed by atoms with Crippen LogP contribution in [0.2, 0.25) is 5.02 Å². The van der Waals surface area contributed by atoms with Gasteiger partial charge in [0.2, 0.25) is 21.8 Å². The van der Waals surface area contributed by atoms with Crippen molar-refractivity contribution >= 4 is 49.9 Å². The molecular formula is C28H34ClN3O4S. The number of nitrogens with zero attached hydrogens (tertiary/aromatic N) is 2. The molecule has 0 bridgehead atoms. The maximum Gasteiger partial charge on any atom is 0.244 e. The lowest BCUT2D eigenvalue weighted by Crippen LogP contribution is -2.53. The van der Waals surface area contributed by atoms with Gasteiger partial charge in [-0.25, -0.2) is 8.42 Å². The van der Waals surface area contributed by atoms with Gasteiger partial charge in [-0.15, -0.1) is 0 Å². The zero-order chi connectivity index (χ0) is 27.2. The smallest absolute Gasteiger partial charge is 0.244 e. The number of carbonyl (C=O) groups excluding carboxylic acids is 2. The number of amides is 2. The van der Waals surface area contributed by atoms with Crippen LogP contribution in [-0.4, -0.2) is 50.0 Å². The summed E-state index contributed by atoms with van der Waals surface area (Å²) in [6, 6.07) is 19.0. The molecule has 1 N–H and O–H groups in total. The summed E-state index contributed by atoms with van der Waals surface area (Å²) in [5.41, 5.74) is 1.08. The summed E-state index contributed by atoms with van der Waals surface area (Å²) in [6.45, 7) is 5.30. The van der Waals surface area contributed by atoms with Crippen LogP contribution in [0, 0.1) is 0 Å². The van der Waals surface area contributed by atoms with Crippen LogP contribution in [-0.2, 0) is 26.2 Å². The lowest BCUT2D eigenvalue weighted by molar-refractivity contribution is -0.140. The molecule has 2 amide bonds. The van der Waals surface area contributed by atoms with Crippen LogP contribution in [0.3, 0.4) is 0 Å². The first-order chi connectivity index (χ1) is 17.6. The summed E-state index contributed by atoms with van der Waals surface area (Å²) in [5, 5.41) is 4.99. The second-order valence-corrected chi connectivity index (χ2v) is 11.4. The maximum atomic E-state index is 13.9. The first-order valence-corrected chi connectivity index (χ1v) is 14.6. The molecular weight excluding hydrogens is 510 g/mol. The number of anilines is 1. The third-order valence-corrected chi connectivity index (χ3v) is 7.90. The zero-order valence-electron chi connectivity index (χ0n) is 21.6. The topological polar surface area (TPSA) is 86.8 Å². The largest absolute Gasteiger partial charge is 0.352 e. The quantitative estimate of drug-likeness (QED) is 0.369. The van der Waals surface area contributed by atoms with Crippen LogP contribution in [0.25, 0.3) is 10.8 Å². The van der Waals surface area contributed by atoms with Gasteiger partial charge in [-0.05, 0) is 42.8 Å². The van der Waals surface area contributed by atoms with E-state index >= 15 is 0 Å². The Kier molecular flexibility index (Phi) is 9.56. The van der Waals surface area contributed by atoms with Gasteiger partial charge in [0, 0.05) is 23.0 Å². The first kappa shape index (κ1) is 28.5. The first-order valence-electron chi connectivity index (χ1n) is 12.4. The van der Waals surface area contributed by atoms with E-state index in [1.54, 1.807) is 30.3 Å². The molecule has 3 aromatic rings. The summed E-state index contributed by atoms with van der Waals surface area (Å²) >= 11 is 6.40. The number of carbonyl (C=O) groups is 2. The van der Waals surface area contributed by atoms with E-state index in [9.17, 15) is 18.0 Å². The summed E-state index contributed by atoms with van der Waals surface area (Å²) in [5.74, 6) is -0.780. The van der Waals surface area contributed by atoms with Crippen LogP contribution in [0.15, 0.2) is 66.7 Å². The van der Waals surface area contributed by atoms with E-state index in [1.165, 1.54) is 4.90 Å². The molecule has 0 aliphatic rings. The van der Waals surface area contributed by atoms with Crippen molar-refractivity contribution in [3.8, 4) is 0 Å². The Morgan fingerprint density at radius 3 is 2.24 bits per heavy atom. The van der Waals surface area contributed by atoms with Gasteiger partial charge in [-0.1, -0.05) is 80.0 Å². The van der Waals surface area contributed by atoms with Crippen molar-refractivity contribution in [1.82, 2.24) is 10.2 Å². The fourth-order valence-corrected chi connectivity index (χ4v) is 5.25. The molecule has 9 heteroatoms. The van der Waals surface area contributed by atoms with Crippen molar-refractivity contribution < 1.29 is 18.0 Å². The van der Waals surface area contributed by atoms with E-state index in [1.807, 2.05) is 57.2 Å². The number of rotatable bonds is 11. The number of benzene rings is 3. The fraction of sp³-hybridized carbons (Fsp3) is 0.357. The van der Waals surface area contributed by atoms with Gasteiger partial charge >= 0.3 is 0 Å². The minimum Gasteiger partial charge on any atom is -0.352 e. The molecule has 3 rings (SSSR count). The molecule has 0 fully saturated rings. The van der Waals surface area contributed by atoms with E-state index in [0.717, 1.165) is 22.4 Å². The molecule has 0 radical (unpaired) electrons. The Morgan fingerprint density at radius 2 is 1.59 bits per heavy atom. The third-order valence-electron chi connectivity index (χ3n) is 6.40. The molecule has 0 aliphatic carbocycles. The second kappa shape index (κ2) is 12.4. The summed E-state index contributed by atoms with van der Waals surface area (Å²) in [6.07, 6.45) is 2.17. The number of hydrogen-bond acceptors (Lipinski definition) is 4. The van der Waals surface area contributed by atoms with Gasteiger partial charge in [0.05, 0.1) is 11.9 Å². The lowest BCUT2D eigenvalue weighted by atomic mass is 10.1. The molecule has 2 atom stereocenters. The van der Waals surface area contributed by atoms with Crippen LogP contribution >= 0.6 is 11.6 Å². The Hall–Kier alpha value is -3.10. The standard InChI is InChI=1S/C28H34ClN3O4S/c1-5-20(3)30-28(34)25(6-2)31(18-22-13-8-10-16-24(22)29)27(33)19-32(37(4,35)36)26-17-11-14-21-12-7-9-15-23(21)26/h7-17,20,25H,5-6,18-19H2,1-4H3,(H,30,34)/t20-,25-/m0/s1. The second-order valence-electron chi connectivity index (χ2n) is 9.12. The molecule has 37 heavy (non-hydrogen) atoms. The van der Waals surface area contributed by atoms with E-state index in [4.69, 9.17) is 11.6 Å². The van der Waals surface area contributed by atoms with E-state index in [0.29, 0.717) is 28.1 Å². The lowest BCUT2D eigenvalue weighted by Gasteiger charge is -2.33. The highest BCUT2D eigenvalue weighted by Gasteiger charge is 2.32. The van der Waals surface area contributed by atoms with Crippen molar-refractivity contribution in [2.24, 2.45) is 0 Å². The highest BCUT2D eigenvalue weighted by Crippen LogP contribution is 2.29. The molecule has 3 aromatic carbocycles. The normalized spacial score (nSPS) is 13.1. The average molecular weight is 544 g/mol. The molecule has 0 aromatic heterocycles. The Labute approximate surface area is 224 Å². The predicted octanol–water partition coefficient (Wildman–Crippen LogP) is 4.98. The highest BCUT2D eigenvalue weighted by molar-refractivity contribution is 7.92. The Bertz CT molecular complexity index is 1360. The van der Waals surface area contributed by atoms with Gasteiger partial charge < -0.3 is 10.2 Å². The van der Waals surface area contributed by atoms with Crippen molar-refractivity contribution in [3.05, 3.63) is 77.3 Å². The minimum absolute atomic E-state index is 0.0675. The number of nitrogens with one attached hydrogen (secondary N) is 1. The minimum atomic E-state index is -3.84. The highest BCUT2D eigenvalue weighted by atomic mass is 35.5.